The second kappa shape index (κ2) is 12.3. The molecule has 2 atom stereocenters. The van der Waals surface area contributed by atoms with Gasteiger partial charge in [0.2, 0.25) is 5.88 Å². The summed E-state index contributed by atoms with van der Waals surface area (Å²) in [5.74, 6) is 0.732. The number of anilines is 1. The van der Waals surface area contributed by atoms with Crippen molar-refractivity contribution in [3.63, 3.8) is 0 Å². The molecule has 3 rings (SSSR count). The Morgan fingerprint density at radius 3 is 2.55 bits per heavy atom. The fourth-order valence-corrected chi connectivity index (χ4v) is 3.44. The number of hydrogen-bond acceptors (Lipinski definition) is 6. The second-order valence-corrected chi connectivity index (χ2v) is 8.33. The minimum atomic E-state index is -0.709. The Labute approximate surface area is 201 Å². The molecule has 0 spiro atoms. The average molecular weight is 465 g/mol. The monoisotopic (exact) mass is 464 g/mol. The summed E-state index contributed by atoms with van der Waals surface area (Å²) in [6.07, 6.45) is 0.0564. The van der Waals surface area contributed by atoms with Crippen molar-refractivity contribution < 1.29 is 9.53 Å². The second-order valence-electron chi connectivity index (χ2n) is 7.97. The minimum Gasteiger partial charge on any atom is -0.463 e. The third-order valence-corrected chi connectivity index (χ3v) is 5.80. The molecule has 1 aromatic heterocycles. The highest BCUT2D eigenvalue weighted by atomic mass is 32.1. The Morgan fingerprint density at radius 2 is 1.82 bits per heavy atom. The van der Waals surface area contributed by atoms with Crippen molar-refractivity contribution in [1.82, 2.24) is 10.3 Å². The van der Waals surface area contributed by atoms with E-state index in [9.17, 15) is 4.79 Å². The van der Waals surface area contributed by atoms with Gasteiger partial charge in [-0.2, -0.15) is 12.6 Å². The van der Waals surface area contributed by atoms with Crippen molar-refractivity contribution in [3.05, 3.63) is 77.9 Å². The first-order chi connectivity index (χ1) is 16.0. The minimum absolute atomic E-state index is 0.114. The predicted molar refractivity (Wildman–Crippen MR) is 138 cm³/mol. The molecule has 0 saturated heterocycles. The smallest absolute Gasteiger partial charge is 0.260 e. The van der Waals surface area contributed by atoms with Gasteiger partial charge in [0.05, 0.1) is 11.4 Å². The number of nitrogens with two attached hydrogens (primary N) is 1. The largest absolute Gasteiger partial charge is 0.463 e. The molecule has 7 heteroatoms. The number of nitrogens with one attached hydrogen (secondary N) is 2. The molecule has 4 N–H and O–H groups in total. The van der Waals surface area contributed by atoms with Gasteiger partial charge in [-0.3, -0.25) is 4.79 Å². The number of ether oxygens (including phenoxy) is 1. The lowest BCUT2D eigenvalue weighted by atomic mass is 10.1. The van der Waals surface area contributed by atoms with Crippen LogP contribution in [0.3, 0.4) is 0 Å². The number of carbonyl (C=O) groups is 1. The maximum Gasteiger partial charge on any atom is 0.260 e. The van der Waals surface area contributed by atoms with Crippen LogP contribution in [-0.2, 0) is 11.2 Å². The maximum absolute atomic E-state index is 12.7. The van der Waals surface area contributed by atoms with Crippen molar-refractivity contribution in [2.75, 3.05) is 24.2 Å². The summed E-state index contributed by atoms with van der Waals surface area (Å²) in [4.78, 5) is 17.4. The van der Waals surface area contributed by atoms with Gasteiger partial charge in [0.1, 0.15) is 0 Å². The lowest BCUT2D eigenvalue weighted by molar-refractivity contribution is -0.127. The van der Waals surface area contributed by atoms with Crippen LogP contribution in [0.2, 0.25) is 0 Å². The van der Waals surface area contributed by atoms with Gasteiger partial charge in [-0.05, 0) is 43.5 Å². The zero-order chi connectivity index (χ0) is 23.6. The zero-order valence-corrected chi connectivity index (χ0v) is 20.0. The van der Waals surface area contributed by atoms with Crippen molar-refractivity contribution in [2.45, 2.75) is 32.4 Å². The van der Waals surface area contributed by atoms with E-state index in [2.05, 4.69) is 47.3 Å². The van der Waals surface area contributed by atoms with E-state index in [0.29, 0.717) is 30.4 Å². The quantitative estimate of drug-likeness (QED) is 0.324. The van der Waals surface area contributed by atoms with Crippen molar-refractivity contribution in [1.29, 1.82) is 0 Å². The Balaban J connectivity index is 1.69. The van der Waals surface area contributed by atoms with Crippen LogP contribution < -0.4 is 21.1 Å². The molecule has 2 unspecified atom stereocenters. The van der Waals surface area contributed by atoms with Crippen LogP contribution in [0.25, 0.3) is 11.3 Å². The molecule has 0 aliphatic heterocycles. The molecule has 0 saturated carbocycles. The summed E-state index contributed by atoms with van der Waals surface area (Å²) in [5, 5.41) is 6.23. The summed E-state index contributed by atoms with van der Waals surface area (Å²) in [6, 6.07) is 21.7. The topological polar surface area (TPSA) is 89.3 Å². The molecule has 2 aromatic carbocycles. The average Bonchev–Trinajstić information content (AvgIpc) is 2.84. The van der Waals surface area contributed by atoms with Crippen LogP contribution in [0.5, 0.6) is 5.88 Å². The molecule has 1 amide bonds. The summed E-state index contributed by atoms with van der Waals surface area (Å²) >= 11 is 4.23. The van der Waals surface area contributed by atoms with Gasteiger partial charge >= 0.3 is 0 Å². The number of rotatable bonds is 11. The molecular formula is C26H32N4O2S. The van der Waals surface area contributed by atoms with E-state index in [1.165, 1.54) is 11.1 Å². The molecule has 0 fully saturated rings. The van der Waals surface area contributed by atoms with E-state index in [1.807, 2.05) is 54.6 Å². The number of hydrogen-bond donors (Lipinski definition) is 4. The van der Waals surface area contributed by atoms with Crippen molar-refractivity contribution >= 4 is 24.2 Å². The number of pyridine rings is 1. The predicted octanol–water partition coefficient (Wildman–Crippen LogP) is 3.85. The molecule has 0 radical (unpaired) electrons. The highest BCUT2D eigenvalue weighted by molar-refractivity contribution is 7.80. The Morgan fingerprint density at radius 1 is 1.09 bits per heavy atom. The van der Waals surface area contributed by atoms with Gasteiger partial charge in [0.15, 0.2) is 6.10 Å². The first kappa shape index (κ1) is 24.6. The van der Waals surface area contributed by atoms with Gasteiger partial charge in [0.25, 0.3) is 5.91 Å². The maximum atomic E-state index is 12.7. The van der Waals surface area contributed by atoms with Crippen LogP contribution in [0.4, 0.5) is 5.69 Å². The number of thiol groups is 1. The molecule has 0 aliphatic carbocycles. The molecule has 0 aliphatic rings. The molecule has 33 heavy (non-hydrogen) atoms. The lowest BCUT2D eigenvalue weighted by Gasteiger charge is -2.19. The molecule has 6 nitrogen and oxygen atoms in total. The van der Waals surface area contributed by atoms with Crippen molar-refractivity contribution in [2.24, 2.45) is 5.73 Å². The molecular weight excluding hydrogens is 432 g/mol. The summed E-state index contributed by atoms with van der Waals surface area (Å²) in [5.41, 5.74) is 10.8. The van der Waals surface area contributed by atoms with E-state index >= 15 is 0 Å². The highest BCUT2D eigenvalue weighted by Crippen LogP contribution is 2.28. The third-order valence-electron chi connectivity index (χ3n) is 5.33. The Hall–Kier alpha value is -3.03. The first-order valence-electron chi connectivity index (χ1n) is 11.1. The molecule has 0 bridgehead atoms. The number of carbonyl (C=O) groups excluding carboxylic acids is 1. The number of aryl methyl sites for hydroxylation is 1. The van der Waals surface area contributed by atoms with E-state index in [0.717, 1.165) is 17.7 Å². The summed E-state index contributed by atoms with van der Waals surface area (Å²) < 4.78 is 6.02. The van der Waals surface area contributed by atoms with Crippen LogP contribution in [0.1, 0.15) is 18.1 Å². The van der Waals surface area contributed by atoms with Crippen LogP contribution in [0.15, 0.2) is 66.7 Å². The van der Waals surface area contributed by atoms with E-state index in [-0.39, 0.29) is 11.9 Å². The van der Waals surface area contributed by atoms with E-state index < -0.39 is 6.10 Å². The summed E-state index contributed by atoms with van der Waals surface area (Å²) in [6.45, 7) is 4.85. The SMILES string of the molecule is Cc1ccccc1CCNC(=O)C(C)Oc1nc(-c2ccccc2)ccc1NCC(N)CS. The fraction of sp³-hybridized carbons (Fsp3) is 0.308. The molecule has 1 heterocycles. The highest BCUT2D eigenvalue weighted by Gasteiger charge is 2.18. The number of aromatic nitrogens is 1. The van der Waals surface area contributed by atoms with Gasteiger partial charge < -0.3 is 21.1 Å². The standard InChI is InChI=1S/C26H32N4O2S/c1-18-8-6-7-9-20(18)14-15-28-25(31)19(2)32-26-24(29-16-22(27)17-33)13-12-23(30-26)21-10-4-3-5-11-21/h3-13,19,22,29,33H,14-17,27H2,1-2H3,(H,28,31). The number of nitrogens with zero attached hydrogens (tertiary/aromatic N) is 1. The van der Waals surface area contributed by atoms with Gasteiger partial charge in [0, 0.05) is 30.4 Å². The Bertz CT molecular complexity index is 1050. The van der Waals surface area contributed by atoms with Crippen LogP contribution in [0, 0.1) is 6.92 Å². The van der Waals surface area contributed by atoms with E-state index in [4.69, 9.17) is 10.5 Å². The fourth-order valence-electron chi connectivity index (χ4n) is 3.32. The lowest BCUT2D eigenvalue weighted by Crippen LogP contribution is -2.37. The van der Waals surface area contributed by atoms with Crippen LogP contribution >= 0.6 is 12.6 Å². The van der Waals surface area contributed by atoms with Gasteiger partial charge in [-0.15, -0.1) is 0 Å². The molecule has 174 valence electrons. The first-order valence-corrected chi connectivity index (χ1v) is 11.8. The number of amides is 1. The third kappa shape index (κ3) is 7.23. The van der Waals surface area contributed by atoms with E-state index in [1.54, 1.807) is 6.92 Å². The summed E-state index contributed by atoms with van der Waals surface area (Å²) in [7, 11) is 0. The number of benzene rings is 2. The van der Waals surface area contributed by atoms with Gasteiger partial charge in [-0.1, -0.05) is 54.6 Å². The normalized spacial score (nSPS) is 12.6. The van der Waals surface area contributed by atoms with Gasteiger partial charge in [-0.25, -0.2) is 4.98 Å². The van der Waals surface area contributed by atoms with Crippen molar-refractivity contribution in [3.8, 4) is 17.1 Å². The zero-order valence-electron chi connectivity index (χ0n) is 19.1. The Kier molecular flexibility index (Phi) is 9.15. The van der Waals surface area contributed by atoms with Crippen LogP contribution in [-0.4, -0.2) is 41.9 Å². The molecule has 3 aromatic rings.